The average molecular weight is 679 g/mol. The molecule has 0 bridgehead atoms. The first-order valence-corrected chi connectivity index (χ1v) is 25.5. The maximum atomic E-state index is 4.29. The Kier molecular flexibility index (Phi) is 203. The first kappa shape index (κ1) is 44.8. The summed E-state index contributed by atoms with van der Waals surface area (Å²) in [6, 6.07) is 0. The fourth-order valence-electron chi connectivity index (χ4n) is 0. The SMILES string of the molecule is S=[PH2][S-].S=[PH2][S-].S=[PH2][S-].S=[PH2][S-].S=[PH2][S-].S=[PH2][S-].[Mo+6]. The molecule has 6 unspecified atom stereocenters. The number of rotatable bonds is 0. The van der Waals surface area contributed by atoms with E-state index in [-0.39, 0.29) is 60.4 Å². The van der Waals surface area contributed by atoms with E-state index < -0.39 is 0 Å². The van der Waals surface area contributed by atoms with Crippen molar-refractivity contribution < 1.29 is 21.1 Å². The molecule has 0 aromatic rings. The van der Waals surface area contributed by atoms with Crippen LogP contribution in [-0.2, 0) is 165 Å². The predicted molar refractivity (Wildman–Crippen MR) is 147 cm³/mol. The summed E-state index contributed by atoms with van der Waals surface area (Å²) in [6.07, 6.45) is 0. The Morgan fingerprint density at radius 2 is 0.368 bits per heavy atom. The van der Waals surface area contributed by atoms with Gasteiger partial charge in [0.05, 0.1) is 0 Å². The van der Waals surface area contributed by atoms with Crippen LogP contribution in [0.2, 0.25) is 0 Å². The Bertz CT molecular complexity index is 114. The van der Waals surface area contributed by atoms with Crippen molar-refractivity contribution in [1.29, 1.82) is 0 Å². The van der Waals surface area contributed by atoms with Gasteiger partial charge in [0.1, 0.15) is 0 Å². The van der Waals surface area contributed by atoms with Crippen LogP contribution in [0.4, 0.5) is 0 Å². The van der Waals surface area contributed by atoms with E-state index in [2.05, 4.69) is 144 Å². The predicted octanol–water partition coefficient (Wildman–Crippen LogP) is 1.92. The smallest absolute Gasteiger partial charge is 0.753 e. The molecule has 0 nitrogen and oxygen atoms in total. The molecule has 0 amide bonds. The third kappa shape index (κ3) is 284. The molecule has 0 saturated heterocycles. The van der Waals surface area contributed by atoms with Crippen LogP contribution in [0.1, 0.15) is 0 Å². The van der Waals surface area contributed by atoms with Crippen LogP contribution in [0.25, 0.3) is 0 Å². The van der Waals surface area contributed by atoms with Gasteiger partial charge in [-0.3, -0.25) is 0 Å². The van der Waals surface area contributed by atoms with Gasteiger partial charge in [0.15, 0.2) is 0 Å². The van der Waals surface area contributed by atoms with Crippen LogP contribution in [0.15, 0.2) is 0 Å². The van der Waals surface area contributed by atoms with E-state index in [0.717, 1.165) is 0 Å². The molecule has 0 spiro atoms. The molecule has 0 saturated carbocycles. The summed E-state index contributed by atoms with van der Waals surface area (Å²) >= 11 is 51.5. The van der Waals surface area contributed by atoms with Gasteiger partial charge in [-0.05, 0) is 0 Å². The summed E-state index contributed by atoms with van der Waals surface area (Å²) in [5.41, 5.74) is 0. The first-order chi connectivity index (χ1) is 8.49. The van der Waals surface area contributed by atoms with Crippen LogP contribution >= 0.6 is 39.3 Å². The quantitative estimate of drug-likeness (QED) is 0.209. The van der Waals surface area contributed by atoms with Gasteiger partial charge in [-0.25, -0.2) is 0 Å². The Balaban J connectivity index is -0.0000000180. The minimum absolute atomic E-state index is 0. The summed E-state index contributed by atoms with van der Waals surface area (Å²) in [6.45, 7) is -0.500. The standard InChI is InChI=1S/Mo.6H3PS2/c;6*2-1-3/h;6*1H2,(H,2,3)/q+6;;;;;;/p-6. The van der Waals surface area contributed by atoms with Gasteiger partial charge in [0.25, 0.3) is 0 Å². The normalized spacial score (nSPS) is 9.16. The Morgan fingerprint density at radius 3 is 0.368 bits per heavy atom. The minimum atomic E-state index is -0.0833. The summed E-state index contributed by atoms with van der Waals surface area (Å²) in [4.78, 5) is 0. The van der Waals surface area contributed by atoms with Crippen molar-refractivity contribution in [2.45, 2.75) is 0 Å². The van der Waals surface area contributed by atoms with Crippen molar-refractivity contribution in [1.82, 2.24) is 0 Å². The summed E-state index contributed by atoms with van der Waals surface area (Å²) in [7, 11) is 0. The van der Waals surface area contributed by atoms with Crippen LogP contribution < -0.4 is 0 Å². The molecule has 0 N–H and O–H groups in total. The largest absolute Gasteiger partial charge is 6.00 e. The molecule has 0 aliphatic rings. The second-order valence-electron chi connectivity index (χ2n) is 0.577. The molecule has 0 aromatic carbocycles. The van der Waals surface area contributed by atoms with Crippen molar-refractivity contribution in [2.24, 2.45) is 0 Å². The van der Waals surface area contributed by atoms with Gasteiger partial charge >= 0.3 is 21.1 Å². The molecule has 0 fully saturated rings. The average Bonchev–Trinajstić information content (AvgIpc) is 2.23. The van der Waals surface area contributed by atoms with Crippen molar-refractivity contribution >= 4 is 184 Å². The third-order valence-corrected chi connectivity index (χ3v) is 0. The Labute approximate surface area is 201 Å². The maximum absolute atomic E-state index is 4.29. The van der Waals surface area contributed by atoms with Crippen molar-refractivity contribution in [3.05, 3.63) is 0 Å². The van der Waals surface area contributed by atoms with Crippen molar-refractivity contribution in [3.8, 4) is 0 Å². The molecule has 0 radical (unpaired) electrons. The van der Waals surface area contributed by atoms with E-state index in [0.29, 0.717) is 0 Å². The molecule has 6 atom stereocenters. The second kappa shape index (κ2) is 86.1. The van der Waals surface area contributed by atoms with E-state index in [1.807, 2.05) is 0 Å². The van der Waals surface area contributed by atoms with E-state index in [4.69, 9.17) is 0 Å². The molecule has 0 rings (SSSR count). The van der Waals surface area contributed by atoms with Crippen LogP contribution in [-0.4, -0.2) is 0 Å². The maximum Gasteiger partial charge on any atom is 6.00 e. The van der Waals surface area contributed by atoms with Crippen LogP contribution in [0.5, 0.6) is 0 Å². The molecule has 19 heteroatoms. The summed E-state index contributed by atoms with van der Waals surface area (Å²) < 4.78 is 0. The molecule has 0 aromatic heterocycles. The zero-order chi connectivity index (χ0) is 16.2. The molecular weight excluding hydrogens is 667 g/mol. The first-order valence-electron chi connectivity index (χ1n) is 2.83. The van der Waals surface area contributed by atoms with Gasteiger partial charge in [0.2, 0.25) is 0 Å². The Morgan fingerprint density at radius 1 is 0.368 bits per heavy atom. The molecular formula is H12MoP6S12. The monoisotopic (exact) mass is 680 g/mol. The van der Waals surface area contributed by atoms with Crippen molar-refractivity contribution in [3.63, 3.8) is 0 Å². The van der Waals surface area contributed by atoms with E-state index >= 15 is 0 Å². The van der Waals surface area contributed by atoms with Gasteiger partial charge in [-0.2, -0.15) is 39.3 Å². The zero-order valence-electron chi connectivity index (χ0n) is 8.77. The summed E-state index contributed by atoms with van der Waals surface area (Å²) in [5, 5.41) is 0. The Hall–Kier alpha value is 6.69. The van der Waals surface area contributed by atoms with Gasteiger partial charge < -0.3 is 73.5 Å². The molecule has 0 heterocycles. The fraction of sp³-hybridized carbons (Fsp3) is 0. The van der Waals surface area contributed by atoms with E-state index in [1.165, 1.54) is 0 Å². The van der Waals surface area contributed by atoms with Gasteiger partial charge in [-0.1, -0.05) is 0 Å². The number of hydrogen-bond acceptors (Lipinski definition) is 12. The zero-order valence-corrected chi connectivity index (χ0v) is 27.5. The molecule has 120 valence electrons. The van der Waals surface area contributed by atoms with Gasteiger partial charge in [-0.15, -0.1) is 70.8 Å². The van der Waals surface area contributed by atoms with Crippen LogP contribution in [0, 0.1) is 0 Å². The van der Waals surface area contributed by atoms with E-state index in [9.17, 15) is 0 Å². The topological polar surface area (TPSA) is 0 Å². The number of hydrogen-bond donors (Lipinski definition) is 0. The van der Waals surface area contributed by atoms with E-state index in [1.54, 1.807) is 0 Å². The van der Waals surface area contributed by atoms with Crippen LogP contribution in [0.3, 0.4) is 0 Å². The third-order valence-electron chi connectivity index (χ3n) is 0. The fourth-order valence-corrected chi connectivity index (χ4v) is 0. The molecule has 0 aliphatic heterocycles. The summed E-state index contributed by atoms with van der Waals surface area (Å²) in [5.74, 6) is 0. The van der Waals surface area contributed by atoms with Crippen molar-refractivity contribution in [2.75, 3.05) is 0 Å². The second-order valence-corrected chi connectivity index (χ2v) is 15.6. The minimum Gasteiger partial charge on any atom is -0.753 e. The molecule has 0 aliphatic carbocycles. The molecule has 19 heavy (non-hydrogen) atoms. The van der Waals surface area contributed by atoms with Gasteiger partial charge in [0, 0.05) is 0 Å².